The summed E-state index contributed by atoms with van der Waals surface area (Å²) >= 11 is 0. The summed E-state index contributed by atoms with van der Waals surface area (Å²) in [4.78, 5) is 2.88. The first-order chi connectivity index (χ1) is 9.15. The second-order valence-electron chi connectivity index (χ2n) is 7.12. The fourth-order valence-electron chi connectivity index (χ4n) is 4.36. The first-order valence-corrected chi connectivity index (χ1v) is 8.64. The molecule has 1 saturated carbocycles. The quantitative estimate of drug-likeness (QED) is 0.835. The molecule has 2 nitrogen and oxygen atoms in total. The highest BCUT2D eigenvalue weighted by atomic mass is 15.3. The van der Waals surface area contributed by atoms with Crippen molar-refractivity contribution >= 4 is 0 Å². The van der Waals surface area contributed by atoms with Gasteiger partial charge in [0.2, 0.25) is 0 Å². The molecule has 1 aliphatic carbocycles. The summed E-state index contributed by atoms with van der Waals surface area (Å²) in [5.41, 5.74) is 0. The van der Waals surface area contributed by atoms with Crippen LogP contribution in [0.3, 0.4) is 0 Å². The lowest BCUT2D eigenvalue weighted by Crippen LogP contribution is -2.61. The molecule has 2 fully saturated rings. The number of nitrogens with one attached hydrogen (secondary N) is 1. The molecule has 2 rings (SSSR count). The predicted octanol–water partition coefficient (Wildman–Crippen LogP) is 3.66. The van der Waals surface area contributed by atoms with E-state index in [4.69, 9.17) is 0 Å². The van der Waals surface area contributed by atoms with E-state index in [0.29, 0.717) is 0 Å². The van der Waals surface area contributed by atoms with Gasteiger partial charge in [0, 0.05) is 31.2 Å². The first kappa shape index (κ1) is 15.3. The molecule has 0 spiro atoms. The Morgan fingerprint density at radius 1 is 1.16 bits per heavy atom. The minimum absolute atomic E-state index is 0.736. The van der Waals surface area contributed by atoms with Crippen molar-refractivity contribution in [1.82, 2.24) is 10.2 Å². The molecule has 5 unspecified atom stereocenters. The number of nitrogens with zero attached hydrogens (tertiary/aromatic N) is 1. The molecule has 1 saturated heterocycles. The lowest BCUT2D eigenvalue weighted by atomic mass is 9.78. The Kier molecular flexibility index (Phi) is 5.70. The highest BCUT2D eigenvalue weighted by molar-refractivity contribution is 4.93. The molecule has 0 aromatic carbocycles. The average molecular weight is 266 g/mol. The Morgan fingerprint density at radius 2 is 1.95 bits per heavy atom. The van der Waals surface area contributed by atoms with Gasteiger partial charge in [0.15, 0.2) is 0 Å². The number of hydrogen-bond acceptors (Lipinski definition) is 2. The zero-order valence-electron chi connectivity index (χ0n) is 13.5. The van der Waals surface area contributed by atoms with Gasteiger partial charge in [-0.2, -0.15) is 0 Å². The Hall–Kier alpha value is -0.0800. The second-order valence-corrected chi connectivity index (χ2v) is 7.12. The van der Waals surface area contributed by atoms with Crippen LogP contribution in [0.25, 0.3) is 0 Å². The minimum Gasteiger partial charge on any atom is -0.311 e. The van der Waals surface area contributed by atoms with Gasteiger partial charge in [-0.3, -0.25) is 4.90 Å². The summed E-state index contributed by atoms with van der Waals surface area (Å²) in [7, 11) is 0. The largest absolute Gasteiger partial charge is 0.311 e. The maximum Gasteiger partial charge on any atom is 0.0221 e. The van der Waals surface area contributed by atoms with Crippen LogP contribution in [-0.4, -0.2) is 36.1 Å². The third-order valence-electron chi connectivity index (χ3n) is 5.46. The van der Waals surface area contributed by atoms with E-state index in [-0.39, 0.29) is 0 Å². The fraction of sp³-hybridized carbons (Fsp3) is 1.00. The normalized spacial score (nSPS) is 41.4. The van der Waals surface area contributed by atoms with Gasteiger partial charge in [-0.15, -0.1) is 0 Å². The lowest BCUT2D eigenvalue weighted by Gasteiger charge is -2.48. The van der Waals surface area contributed by atoms with Gasteiger partial charge >= 0.3 is 0 Å². The Labute approximate surface area is 120 Å². The van der Waals surface area contributed by atoms with Crippen LogP contribution in [0.5, 0.6) is 0 Å². The van der Waals surface area contributed by atoms with Crippen molar-refractivity contribution in [3.05, 3.63) is 0 Å². The Balaban J connectivity index is 2.00. The van der Waals surface area contributed by atoms with E-state index in [1.807, 2.05) is 0 Å². The van der Waals surface area contributed by atoms with E-state index in [1.165, 1.54) is 51.6 Å². The van der Waals surface area contributed by atoms with Crippen molar-refractivity contribution in [3.8, 4) is 0 Å². The van der Waals surface area contributed by atoms with E-state index >= 15 is 0 Å². The highest BCUT2D eigenvalue weighted by Crippen LogP contribution is 2.34. The summed E-state index contributed by atoms with van der Waals surface area (Å²) in [6.45, 7) is 12.1. The molecule has 0 aromatic heterocycles. The molecule has 112 valence electrons. The molecule has 2 aliphatic rings. The summed E-state index contributed by atoms with van der Waals surface area (Å²) < 4.78 is 0. The molecule has 2 heteroatoms. The summed E-state index contributed by atoms with van der Waals surface area (Å²) in [6.07, 6.45) is 8.24. The molecule has 5 atom stereocenters. The van der Waals surface area contributed by atoms with Crippen LogP contribution in [0.2, 0.25) is 0 Å². The molecule has 0 bridgehead atoms. The van der Waals surface area contributed by atoms with E-state index in [9.17, 15) is 0 Å². The highest BCUT2D eigenvalue weighted by Gasteiger charge is 2.36. The molecule has 1 aliphatic heterocycles. The van der Waals surface area contributed by atoms with Gasteiger partial charge < -0.3 is 5.32 Å². The van der Waals surface area contributed by atoms with E-state index < -0.39 is 0 Å². The van der Waals surface area contributed by atoms with Crippen molar-refractivity contribution in [3.63, 3.8) is 0 Å². The molecule has 1 heterocycles. The third-order valence-corrected chi connectivity index (χ3v) is 5.46. The van der Waals surface area contributed by atoms with Crippen molar-refractivity contribution in [2.45, 2.75) is 84.3 Å². The van der Waals surface area contributed by atoms with Gasteiger partial charge in [0.05, 0.1) is 0 Å². The van der Waals surface area contributed by atoms with Gasteiger partial charge in [0.1, 0.15) is 0 Å². The fourth-order valence-corrected chi connectivity index (χ4v) is 4.36. The first-order valence-electron chi connectivity index (χ1n) is 8.64. The molecule has 0 amide bonds. The van der Waals surface area contributed by atoms with Crippen LogP contribution in [0.15, 0.2) is 0 Å². The van der Waals surface area contributed by atoms with Crippen LogP contribution in [0, 0.1) is 11.8 Å². The lowest BCUT2D eigenvalue weighted by molar-refractivity contribution is 0.0229. The zero-order valence-corrected chi connectivity index (χ0v) is 13.5. The maximum absolute atomic E-state index is 3.77. The molecular formula is C17H34N2. The number of hydrogen-bond donors (Lipinski definition) is 1. The monoisotopic (exact) mass is 266 g/mol. The zero-order chi connectivity index (χ0) is 13.8. The van der Waals surface area contributed by atoms with Crippen LogP contribution < -0.4 is 5.32 Å². The summed E-state index contributed by atoms with van der Waals surface area (Å²) in [5.74, 6) is 1.83. The van der Waals surface area contributed by atoms with Crippen molar-refractivity contribution in [2.24, 2.45) is 11.8 Å². The molecular weight excluding hydrogens is 232 g/mol. The minimum atomic E-state index is 0.736. The van der Waals surface area contributed by atoms with Crippen LogP contribution in [0.1, 0.15) is 66.2 Å². The molecule has 19 heavy (non-hydrogen) atoms. The predicted molar refractivity (Wildman–Crippen MR) is 83.5 cm³/mol. The molecule has 0 aromatic rings. The summed E-state index contributed by atoms with van der Waals surface area (Å²) in [6, 6.07) is 2.36. The van der Waals surface area contributed by atoms with Gasteiger partial charge in [0.25, 0.3) is 0 Å². The van der Waals surface area contributed by atoms with E-state index in [2.05, 4.69) is 37.9 Å². The topological polar surface area (TPSA) is 15.3 Å². The van der Waals surface area contributed by atoms with Gasteiger partial charge in [-0.05, 0) is 43.9 Å². The SMILES string of the molecule is CCCC1CN(C2CCC(C)CC2C)C(CC)CN1. The number of rotatable bonds is 4. The maximum atomic E-state index is 3.77. The van der Waals surface area contributed by atoms with Crippen LogP contribution in [-0.2, 0) is 0 Å². The Morgan fingerprint density at radius 3 is 2.58 bits per heavy atom. The number of piperazine rings is 1. The van der Waals surface area contributed by atoms with Crippen LogP contribution in [0.4, 0.5) is 0 Å². The van der Waals surface area contributed by atoms with Crippen molar-refractivity contribution in [1.29, 1.82) is 0 Å². The molecule has 1 N–H and O–H groups in total. The average Bonchev–Trinajstić information content (AvgIpc) is 2.39. The van der Waals surface area contributed by atoms with Gasteiger partial charge in [-0.25, -0.2) is 0 Å². The van der Waals surface area contributed by atoms with Crippen LogP contribution >= 0.6 is 0 Å². The Bertz CT molecular complexity index is 266. The molecule has 0 radical (unpaired) electrons. The van der Waals surface area contributed by atoms with E-state index in [1.54, 1.807) is 0 Å². The summed E-state index contributed by atoms with van der Waals surface area (Å²) in [5, 5.41) is 3.77. The standard InChI is InChI=1S/C17H34N2/c1-5-7-15-12-19(16(6-2)11-18-15)17-9-8-13(3)10-14(17)4/h13-18H,5-12H2,1-4H3. The smallest absolute Gasteiger partial charge is 0.0221 e. The van der Waals surface area contributed by atoms with E-state index in [0.717, 1.165) is 30.0 Å². The second kappa shape index (κ2) is 7.08. The van der Waals surface area contributed by atoms with Crippen molar-refractivity contribution < 1.29 is 0 Å². The van der Waals surface area contributed by atoms with Crippen molar-refractivity contribution in [2.75, 3.05) is 13.1 Å². The third kappa shape index (κ3) is 3.72. The van der Waals surface area contributed by atoms with Gasteiger partial charge in [-0.1, -0.05) is 34.1 Å².